The molecule has 0 unspecified atom stereocenters. The van der Waals surface area contributed by atoms with Crippen molar-refractivity contribution in [3.8, 4) is 5.75 Å². The summed E-state index contributed by atoms with van der Waals surface area (Å²) in [5, 5.41) is 5.74. The van der Waals surface area contributed by atoms with Gasteiger partial charge < -0.3 is 15.4 Å². The minimum Gasteiger partial charge on any atom is -0.497 e. The molecule has 2 aliphatic rings. The maximum absolute atomic E-state index is 12.5. The Kier molecular flexibility index (Phi) is 5.98. The van der Waals surface area contributed by atoms with E-state index in [2.05, 4.69) is 10.6 Å². The molecule has 1 aromatic rings. The van der Waals surface area contributed by atoms with Crippen LogP contribution < -0.4 is 15.4 Å². The molecule has 2 fully saturated rings. The minimum absolute atomic E-state index is 0.0638. The Labute approximate surface area is 159 Å². The van der Waals surface area contributed by atoms with Crippen LogP contribution in [0.4, 0.5) is 4.79 Å². The first-order valence-electron chi connectivity index (χ1n) is 9.58. The standard InChI is InChI=1S/C20H27N3O4/c1-27-16-8-6-15(7-9-16)10-13-21-17(24)5-4-14-23-18(25)20(22-19(23)26)11-2-3-12-20/h6-9H,2-5,10-14H2,1H3,(H,21,24)(H,22,26). The molecule has 7 heteroatoms. The van der Waals surface area contributed by atoms with E-state index in [4.69, 9.17) is 4.74 Å². The number of urea groups is 1. The Morgan fingerprint density at radius 2 is 1.93 bits per heavy atom. The smallest absolute Gasteiger partial charge is 0.325 e. The van der Waals surface area contributed by atoms with Gasteiger partial charge in [-0.05, 0) is 43.4 Å². The van der Waals surface area contributed by atoms with E-state index >= 15 is 0 Å². The molecule has 0 aromatic heterocycles. The second-order valence-corrected chi connectivity index (χ2v) is 7.23. The lowest BCUT2D eigenvalue weighted by molar-refractivity contribution is -0.131. The summed E-state index contributed by atoms with van der Waals surface area (Å²) in [6.45, 7) is 0.843. The van der Waals surface area contributed by atoms with Gasteiger partial charge in [-0.3, -0.25) is 14.5 Å². The Balaban J connectivity index is 1.35. The molecule has 1 saturated heterocycles. The largest absolute Gasteiger partial charge is 0.497 e. The third kappa shape index (κ3) is 4.40. The number of amides is 4. The minimum atomic E-state index is -0.669. The molecule has 1 saturated carbocycles. The SMILES string of the molecule is COc1ccc(CCNC(=O)CCCN2C(=O)NC3(CCCC3)C2=O)cc1. The highest BCUT2D eigenvalue weighted by Gasteiger charge is 2.51. The van der Waals surface area contributed by atoms with Gasteiger partial charge in [-0.25, -0.2) is 4.79 Å². The monoisotopic (exact) mass is 373 g/mol. The van der Waals surface area contributed by atoms with Gasteiger partial charge in [-0.15, -0.1) is 0 Å². The van der Waals surface area contributed by atoms with E-state index in [0.29, 0.717) is 19.4 Å². The van der Waals surface area contributed by atoms with Crippen LogP contribution in [0.5, 0.6) is 5.75 Å². The first-order chi connectivity index (χ1) is 13.0. The molecule has 1 aromatic carbocycles. The Morgan fingerprint density at radius 1 is 1.22 bits per heavy atom. The maximum atomic E-state index is 12.5. The van der Waals surface area contributed by atoms with Crippen molar-refractivity contribution in [3.05, 3.63) is 29.8 Å². The first-order valence-corrected chi connectivity index (χ1v) is 9.58. The van der Waals surface area contributed by atoms with E-state index in [-0.39, 0.29) is 24.4 Å². The van der Waals surface area contributed by atoms with Crippen molar-refractivity contribution in [2.24, 2.45) is 0 Å². The molecule has 1 aliphatic heterocycles. The molecule has 0 radical (unpaired) electrons. The van der Waals surface area contributed by atoms with E-state index in [1.807, 2.05) is 24.3 Å². The summed E-state index contributed by atoms with van der Waals surface area (Å²) in [5.74, 6) is 0.624. The second-order valence-electron chi connectivity index (χ2n) is 7.23. The number of imide groups is 1. The van der Waals surface area contributed by atoms with Crippen molar-refractivity contribution in [1.29, 1.82) is 0 Å². The number of methoxy groups -OCH3 is 1. The van der Waals surface area contributed by atoms with Gasteiger partial charge in [0.25, 0.3) is 5.91 Å². The normalized spacial score (nSPS) is 18.0. The van der Waals surface area contributed by atoms with Crippen molar-refractivity contribution < 1.29 is 19.1 Å². The average molecular weight is 373 g/mol. The zero-order valence-corrected chi connectivity index (χ0v) is 15.8. The van der Waals surface area contributed by atoms with Crippen LogP contribution in [0.15, 0.2) is 24.3 Å². The molecule has 7 nitrogen and oxygen atoms in total. The van der Waals surface area contributed by atoms with Gasteiger partial charge >= 0.3 is 6.03 Å². The molecule has 4 amide bonds. The first kappa shape index (κ1) is 19.2. The number of carbonyl (C=O) groups excluding carboxylic acids is 3. The summed E-state index contributed by atoms with van der Waals surface area (Å²) in [4.78, 5) is 37.9. The van der Waals surface area contributed by atoms with Crippen LogP contribution >= 0.6 is 0 Å². The van der Waals surface area contributed by atoms with Gasteiger partial charge in [0, 0.05) is 19.5 Å². The number of ether oxygens (including phenoxy) is 1. The van der Waals surface area contributed by atoms with E-state index in [9.17, 15) is 14.4 Å². The fourth-order valence-electron chi connectivity index (χ4n) is 3.82. The fourth-order valence-corrected chi connectivity index (χ4v) is 3.82. The molecule has 1 spiro atoms. The van der Waals surface area contributed by atoms with Crippen LogP contribution in [-0.2, 0) is 16.0 Å². The highest BCUT2D eigenvalue weighted by atomic mass is 16.5. The molecular weight excluding hydrogens is 346 g/mol. The molecule has 0 atom stereocenters. The topological polar surface area (TPSA) is 87.7 Å². The molecule has 27 heavy (non-hydrogen) atoms. The molecule has 0 bridgehead atoms. The van der Waals surface area contributed by atoms with Crippen LogP contribution in [0.1, 0.15) is 44.1 Å². The molecule has 1 heterocycles. The van der Waals surface area contributed by atoms with Gasteiger partial charge in [0.2, 0.25) is 5.91 Å². The van der Waals surface area contributed by atoms with Crippen LogP contribution in [0.2, 0.25) is 0 Å². The van der Waals surface area contributed by atoms with E-state index < -0.39 is 5.54 Å². The zero-order valence-electron chi connectivity index (χ0n) is 15.8. The van der Waals surface area contributed by atoms with Gasteiger partial charge in [0.15, 0.2) is 0 Å². The van der Waals surface area contributed by atoms with Crippen molar-refractivity contribution in [3.63, 3.8) is 0 Å². The lowest BCUT2D eigenvalue weighted by Gasteiger charge is -2.19. The summed E-state index contributed by atoms with van der Waals surface area (Å²) >= 11 is 0. The predicted molar refractivity (Wildman–Crippen MR) is 100 cm³/mol. The number of hydrogen-bond donors (Lipinski definition) is 2. The van der Waals surface area contributed by atoms with Gasteiger partial charge in [0.05, 0.1) is 7.11 Å². The van der Waals surface area contributed by atoms with Crippen molar-refractivity contribution in [1.82, 2.24) is 15.5 Å². The van der Waals surface area contributed by atoms with Crippen LogP contribution in [0.25, 0.3) is 0 Å². The van der Waals surface area contributed by atoms with Crippen LogP contribution in [0.3, 0.4) is 0 Å². The van der Waals surface area contributed by atoms with E-state index in [1.54, 1.807) is 7.11 Å². The number of rotatable bonds is 8. The molecular formula is C20H27N3O4. The quantitative estimate of drug-likeness (QED) is 0.682. The van der Waals surface area contributed by atoms with Crippen LogP contribution in [-0.4, -0.2) is 48.5 Å². The lowest BCUT2D eigenvalue weighted by atomic mass is 9.98. The average Bonchev–Trinajstić information content (AvgIpc) is 3.23. The third-order valence-electron chi connectivity index (χ3n) is 5.38. The van der Waals surface area contributed by atoms with Gasteiger partial charge in [-0.2, -0.15) is 0 Å². The zero-order chi connectivity index (χ0) is 19.3. The number of nitrogens with one attached hydrogen (secondary N) is 2. The number of benzene rings is 1. The summed E-state index contributed by atoms with van der Waals surface area (Å²) in [6, 6.07) is 7.42. The predicted octanol–water partition coefficient (Wildman–Crippen LogP) is 2.00. The summed E-state index contributed by atoms with van der Waals surface area (Å²) in [6.07, 6.45) is 4.90. The second kappa shape index (κ2) is 8.41. The van der Waals surface area contributed by atoms with Crippen molar-refractivity contribution >= 4 is 17.8 Å². The third-order valence-corrected chi connectivity index (χ3v) is 5.38. The number of hydrogen-bond acceptors (Lipinski definition) is 4. The van der Waals surface area contributed by atoms with E-state index in [0.717, 1.165) is 43.4 Å². The van der Waals surface area contributed by atoms with Crippen LogP contribution in [0, 0.1) is 0 Å². The molecule has 2 N–H and O–H groups in total. The summed E-state index contributed by atoms with van der Waals surface area (Å²) in [7, 11) is 1.63. The number of carbonyl (C=O) groups is 3. The van der Waals surface area contributed by atoms with Crippen molar-refractivity contribution in [2.45, 2.75) is 50.5 Å². The van der Waals surface area contributed by atoms with Crippen molar-refractivity contribution in [2.75, 3.05) is 20.2 Å². The van der Waals surface area contributed by atoms with E-state index in [1.165, 1.54) is 4.90 Å². The fraction of sp³-hybridized carbons (Fsp3) is 0.550. The lowest BCUT2D eigenvalue weighted by Crippen LogP contribution is -2.44. The highest BCUT2D eigenvalue weighted by Crippen LogP contribution is 2.35. The Hall–Kier alpha value is -2.57. The summed E-state index contributed by atoms with van der Waals surface area (Å²) in [5.41, 5.74) is 0.454. The Morgan fingerprint density at radius 3 is 2.59 bits per heavy atom. The molecule has 3 rings (SSSR count). The summed E-state index contributed by atoms with van der Waals surface area (Å²) < 4.78 is 5.12. The molecule has 1 aliphatic carbocycles. The van der Waals surface area contributed by atoms with Gasteiger partial charge in [0.1, 0.15) is 11.3 Å². The maximum Gasteiger partial charge on any atom is 0.325 e. The molecule has 146 valence electrons. The number of nitrogens with zero attached hydrogens (tertiary/aromatic N) is 1. The Bertz CT molecular complexity index is 696. The van der Waals surface area contributed by atoms with Gasteiger partial charge in [-0.1, -0.05) is 25.0 Å². The highest BCUT2D eigenvalue weighted by molar-refractivity contribution is 6.07.